The molecule has 0 saturated heterocycles. The Hall–Kier alpha value is -2.45. The molecule has 0 aliphatic carbocycles. The van der Waals surface area contributed by atoms with Gasteiger partial charge in [-0.05, 0) is 0 Å². The van der Waals surface area contributed by atoms with Gasteiger partial charge in [-0.2, -0.15) is 4.98 Å². The summed E-state index contributed by atoms with van der Waals surface area (Å²) >= 11 is 0. The molecule has 1 aromatic heterocycles. The zero-order chi connectivity index (χ0) is 13.1. The number of aliphatic carboxylic acids is 1. The van der Waals surface area contributed by atoms with Crippen molar-refractivity contribution in [2.24, 2.45) is 5.16 Å². The number of carbonyl (C=O) groups is 2. The molecule has 0 fully saturated rings. The van der Waals surface area contributed by atoms with Gasteiger partial charge in [-0.25, -0.2) is 4.79 Å². The molecule has 9 nitrogen and oxygen atoms in total. The minimum absolute atomic E-state index is 0.0631. The van der Waals surface area contributed by atoms with Crippen molar-refractivity contribution in [1.82, 2.24) is 15.5 Å². The number of hydrogen-bond donors (Lipinski definition) is 2. The quantitative estimate of drug-likeness (QED) is 0.721. The van der Waals surface area contributed by atoms with Gasteiger partial charge in [-0.15, -0.1) is 0 Å². The summed E-state index contributed by atoms with van der Waals surface area (Å²) in [7, 11) is 0. The SMILES string of the molecule is Cc1nc(CNC(=O)C2CC(C(=O)O)=NO2)no1. The van der Waals surface area contributed by atoms with Gasteiger partial charge >= 0.3 is 5.97 Å². The number of oxime groups is 1. The van der Waals surface area contributed by atoms with Gasteiger partial charge in [0.15, 0.2) is 11.5 Å². The molecule has 1 aromatic rings. The first kappa shape index (κ1) is 12.0. The number of aromatic nitrogens is 2. The number of hydrogen-bond acceptors (Lipinski definition) is 7. The van der Waals surface area contributed by atoms with Crippen LogP contribution in [0.5, 0.6) is 0 Å². The summed E-state index contributed by atoms with van der Waals surface area (Å²) in [5.41, 5.74) is -0.175. The molecule has 2 rings (SSSR count). The van der Waals surface area contributed by atoms with Gasteiger partial charge in [0.1, 0.15) is 0 Å². The average molecular weight is 254 g/mol. The van der Waals surface area contributed by atoms with Crippen molar-refractivity contribution in [3.63, 3.8) is 0 Å². The lowest BCUT2D eigenvalue weighted by Crippen LogP contribution is -2.35. The van der Waals surface area contributed by atoms with Crippen LogP contribution in [0.25, 0.3) is 0 Å². The van der Waals surface area contributed by atoms with Crippen LogP contribution in [-0.2, 0) is 21.0 Å². The van der Waals surface area contributed by atoms with Crippen LogP contribution in [0.15, 0.2) is 9.68 Å². The van der Waals surface area contributed by atoms with Crippen LogP contribution in [0.2, 0.25) is 0 Å². The van der Waals surface area contributed by atoms with E-state index in [9.17, 15) is 9.59 Å². The second-order valence-corrected chi connectivity index (χ2v) is 3.59. The van der Waals surface area contributed by atoms with Crippen molar-refractivity contribution < 1.29 is 24.1 Å². The topological polar surface area (TPSA) is 127 Å². The molecule has 1 atom stereocenters. The number of nitrogens with one attached hydrogen (secondary N) is 1. The molecular weight excluding hydrogens is 244 g/mol. The fraction of sp³-hybridized carbons (Fsp3) is 0.444. The highest BCUT2D eigenvalue weighted by Crippen LogP contribution is 2.10. The average Bonchev–Trinajstić information content (AvgIpc) is 2.94. The van der Waals surface area contributed by atoms with Crippen LogP contribution in [0, 0.1) is 6.92 Å². The standard InChI is InChI=1S/C9H10N4O5/c1-4-11-7(13-17-4)3-10-8(14)6-2-5(9(15)16)12-18-6/h6H,2-3H2,1H3,(H,10,14)(H,15,16). The number of carboxylic acids is 1. The summed E-state index contributed by atoms with van der Waals surface area (Å²) in [6.45, 7) is 1.71. The second-order valence-electron chi connectivity index (χ2n) is 3.59. The van der Waals surface area contributed by atoms with E-state index < -0.39 is 18.0 Å². The summed E-state index contributed by atoms with van der Waals surface area (Å²) in [5.74, 6) is -0.942. The number of carboxylic acid groups (broad SMARTS) is 1. The molecule has 9 heteroatoms. The van der Waals surface area contributed by atoms with Gasteiger partial charge in [-0.3, -0.25) is 4.79 Å². The predicted molar refractivity (Wildman–Crippen MR) is 55.4 cm³/mol. The van der Waals surface area contributed by atoms with Crippen LogP contribution in [0.1, 0.15) is 18.1 Å². The Morgan fingerprint density at radius 1 is 1.56 bits per heavy atom. The molecule has 96 valence electrons. The van der Waals surface area contributed by atoms with Crippen molar-refractivity contribution in [2.45, 2.75) is 26.0 Å². The second kappa shape index (κ2) is 4.82. The molecule has 0 radical (unpaired) electrons. The van der Waals surface area contributed by atoms with Gasteiger partial charge in [0.05, 0.1) is 6.54 Å². The van der Waals surface area contributed by atoms with Gasteiger partial charge in [-0.1, -0.05) is 10.3 Å². The van der Waals surface area contributed by atoms with E-state index >= 15 is 0 Å². The van der Waals surface area contributed by atoms with Crippen molar-refractivity contribution in [3.05, 3.63) is 11.7 Å². The van der Waals surface area contributed by atoms with E-state index in [-0.39, 0.29) is 18.7 Å². The first-order valence-corrected chi connectivity index (χ1v) is 5.09. The maximum Gasteiger partial charge on any atom is 0.353 e. The minimum Gasteiger partial charge on any atom is -0.477 e. The van der Waals surface area contributed by atoms with Gasteiger partial charge < -0.3 is 19.8 Å². The fourth-order valence-corrected chi connectivity index (χ4v) is 1.34. The summed E-state index contributed by atoms with van der Waals surface area (Å²) < 4.78 is 4.73. The van der Waals surface area contributed by atoms with Gasteiger partial charge in [0, 0.05) is 13.3 Å². The van der Waals surface area contributed by atoms with E-state index in [1.54, 1.807) is 6.92 Å². The summed E-state index contributed by atoms with van der Waals surface area (Å²) in [4.78, 5) is 30.8. The molecule has 1 aliphatic rings. The van der Waals surface area contributed by atoms with Crippen molar-refractivity contribution in [1.29, 1.82) is 0 Å². The van der Waals surface area contributed by atoms with Crippen molar-refractivity contribution in [2.75, 3.05) is 0 Å². The number of carbonyl (C=O) groups excluding carboxylic acids is 1. The number of rotatable bonds is 4. The van der Waals surface area contributed by atoms with Crippen LogP contribution < -0.4 is 5.32 Å². The normalized spacial score (nSPS) is 18.1. The highest BCUT2D eigenvalue weighted by Gasteiger charge is 2.31. The highest BCUT2D eigenvalue weighted by molar-refractivity contribution is 6.36. The molecule has 2 heterocycles. The molecule has 18 heavy (non-hydrogen) atoms. The number of nitrogens with zero attached hydrogens (tertiary/aromatic N) is 3. The van der Waals surface area contributed by atoms with E-state index in [0.29, 0.717) is 11.7 Å². The Labute approximate surface area is 101 Å². The molecule has 0 aromatic carbocycles. The largest absolute Gasteiger partial charge is 0.477 e. The maximum absolute atomic E-state index is 11.6. The Balaban J connectivity index is 1.82. The van der Waals surface area contributed by atoms with Crippen LogP contribution in [0.3, 0.4) is 0 Å². The van der Waals surface area contributed by atoms with E-state index in [4.69, 9.17) is 14.5 Å². The first-order valence-electron chi connectivity index (χ1n) is 5.09. The summed E-state index contributed by atoms with van der Waals surface area (Å²) in [5, 5.41) is 18.0. The van der Waals surface area contributed by atoms with Crippen LogP contribution >= 0.6 is 0 Å². The molecule has 1 amide bonds. The molecule has 0 spiro atoms. The van der Waals surface area contributed by atoms with Gasteiger partial charge in [0.25, 0.3) is 5.91 Å². The third-order valence-corrected chi connectivity index (χ3v) is 2.20. The third kappa shape index (κ3) is 2.62. The molecule has 2 N–H and O–H groups in total. The minimum atomic E-state index is -1.20. The maximum atomic E-state index is 11.6. The zero-order valence-electron chi connectivity index (χ0n) is 9.41. The van der Waals surface area contributed by atoms with E-state index in [2.05, 4.69) is 20.6 Å². The molecule has 1 aliphatic heterocycles. The van der Waals surface area contributed by atoms with E-state index in [0.717, 1.165) is 0 Å². The van der Waals surface area contributed by atoms with Crippen molar-refractivity contribution in [3.8, 4) is 0 Å². The smallest absolute Gasteiger partial charge is 0.353 e. The molecule has 0 saturated carbocycles. The fourth-order valence-electron chi connectivity index (χ4n) is 1.34. The number of aryl methyl sites for hydroxylation is 1. The van der Waals surface area contributed by atoms with Gasteiger partial charge in [0.2, 0.25) is 12.0 Å². The Morgan fingerprint density at radius 3 is 2.89 bits per heavy atom. The lowest BCUT2D eigenvalue weighted by atomic mass is 10.2. The Kier molecular flexibility index (Phi) is 3.22. The lowest BCUT2D eigenvalue weighted by molar-refractivity contribution is -0.131. The summed E-state index contributed by atoms with van der Waals surface area (Å²) in [6, 6.07) is 0. The Morgan fingerprint density at radius 2 is 2.33 bits per heavy atom. The monoisotopic (exact) mass is 254 g/mol. The van der Waals surface area contributed by atoms with E-state index in [1.165, 1.54) is 0 Å². The summed E-state index contributed by atoms with van der Waals surface area (Å²) in [6.07, 6.45) is -0.990. The molecular formula is C9H10N4O5. The molecule has 0 bridgehead atoms. The zero-order valence-corrected chi connectivity index (χ0v) is 9.41. The molecule has 1 unspecified atom stereocenters. The third-order valence-electron chi connectivity index (χ3n) is 2.20. The highest BCUT2D eigenvalue weighted by atomic mass is 16.6. The Bertz CT molecular complexity index is 509. The van der Waals surface area contributed by atoms with Crippen LogP contribution in [0.4, 0.5) is 0 Å². The van der Waals surface area contributed by atoms with Crippen molar-refractivity contribution >= 4 is 17.6 Å². The number of amides is 1. The first-order chi connectivity index (χ1) is 8.56. The van der Waals surface area contributed by atoms with Crippen LogP contribution in [-0.4, -0.2) is 38.9 Å². The lowest BCUT2D eigenvalue weighted by Gasteiger charge is -2.07. The predicted octanol–water partition coefficient (Wildman–Crippen LogP) is -0.776. The van der Waals surface area contributed by atoms with E-state index in [1.807, 2.05) is 0 Å².